The molecule has 0 radical (unpaired) electrons. The molecule has 0 fully saturated rings. The van der Waals surface area contributed by atoms with Crippen molar-refractivity contribution >= 4 is 5.69 Å². The third kappa shape index (κ3) is 2.81. The Balaban J connectivity index is 2.43. The number of hydrogen-bond donors (Lipinski definition) is 1. The zero-order valence-corrected chi connectivity index (χ0v) is 11.8. The summed E-state index contributed by atoms with van der Waals surface area (Å²) in [6.07, 6.45) is 0. The van der Waals surface area contributed by atoms with E-state index in [1.54, 1.807) is 0 Å². The molecule has 2 unspecified atom stereocenters. The zero-order chi connectivity index (χ0) is 14.5. The van der Waals surface area contributed by atoms with Gasteiger partial charge in [0, 0.05) is 13.1 Å². The van der Waals surface area contributed by atoms with Gasteiger partial charge in [0.05, 0.1) is 17.3 Å². The number of anilines is 1. The standard InChI is InChI=1S/C17H19N3/c1-13(19)17(14-8-4-3-5-9-14)20(2)16-11-7-6-10-15(16)12-18/h3-11,13,17H,19H2,1-2H3. The maximum atomic E-state index is 9.25. The van der Waals surface area contributed by atoms with Crippen LogP contribution in [0.15, 0.2) is 54.6 Å². The van der Waals surface area contributed by atoms with Crippen molar-refractivity contribution in [2.45, 2.75) is 19.0 Å². The van der Waals surface area contributed by atoms with Gasteiger partial charge in [-0.15, -0.1) is 0 Å². The molecular weight excluding hydrogens is 246 g/mol. The van der Waals surface area contributed by atoms with Gasteiger partial charge in [-0.05, 0) is 24.6 Å². The van der Waals surface area contributed by atoms with Crippen LogP contribution in [-0.2, 0) is 0 Å². The number of nitriles is 1. The van der Waals surface area contributed by atoms with Crippen LogP contribution in [0.25, 0.3) is 0 Å². The second kappa shape index (κ2) is 6.23. The molecule has 0 aliphatic carbocycles. The van der Waals surface area contributed by atoms with Gasteiger partial charge in [0.1, 0.15) is 6.07 Å². The van der Waals surface area contributed by atoms with Crippen molar-refractivity contribution in [1.29, 1.82) is 5.26 Å². The van der Waals surface area contributed by atoms with Crippen molar-refractivity contribution in [3.05, 3.63) is 65.7 Å². The van der Waals surface area contributed by atoms with Crippen LogP contribution in [-0.4, -0.2) is 13.1 Å². The van der Waals surface area contributed by atoms with E-state index in [1.165, 1.54) is 0 Å². The Morgan fingerprint density at radius 1 is 1.05 bits per heavy atom. The molecule has 0 saturated carbocycles. The summed E-state index contributed by atoms with van der Waals surface area (Å²) in [5.74, 6) is 0. The monoisotopic (exact) mass is 265 g/mol. The zero-order valence-electron chi connectivity index (χ0n) is 11.8. The molecule has 2 atom stereocenters. The first kappa shape index (κ1) is 14.1. The molecule has 0 aliphatic rings. The number of nitrogens with two attached hydrogens (primary N) is 1. The molecule has 0 aromatic heterocycles. The van der Waals surface area contributed by atoms with E-state index in [1.807, 2.05) is 56.4 Å². The second-order valence-electron chi connectivity index (χ2n) is 4.95. The van der Waals surface area contributed by atoms with Gasteiger partial charge in [-0.25, -0.2) is 0 Å². The van der Waals surface area contributed by atoms with Crippen molar-refractivity contribution in [3.63, 3.8) is 0 Å². The lowest BCUT2D eigenvalue weighted by atomic mass is 9.98. The Morgan fingerprint density at radius 2 is 1.65 bits per heavy atom. The molecule has 2 N–H and O–H groups in total. The van der Waals surface area contributed by atoms with Gasteiger partial charge in [-0.1, -0.05) is 42.5 Å². The summed E-state index contributed by atoms with van der Waals surface area (Å²) in [5, 5.41) is 9.25. The van der Waals surface area contributed by atoms with Gasteiger partial charge in [0.2, 0.25) is 0 Å². The molecule has 0 bridgehead atoms. The van der Waals surface area contributed by atoms with Crippen LogP contribution < -0.4 is 10.6 Å². The van der Waals surface area contributed by atoms with Crippen LogP contribution in [0.4, 0.5) is 5.69 Å². The van der Waals surface area contributed by atoms with Crippen molar-refractivity contribution in [2.75, 3.05) is 11.9 Å². The van der Waals surface area contributed by atoms with E-state index in [9.17, 15) is 5.26 Å². The van der Waals surface area contributed by atoms with Crippen LogP contribution in [0.5, 0.6) is 0 Å². The van der Waals surface area contributed by atoms with Crippen LogP contribution in [0, 0.1) is 11.3 Å². The van der Waals surface area contributed by atoms with Gasteiger partial charge >= 0.3 is 0 Å². The van der Waals surface area contributed by atoms with Crippen LogP contribution in [0.2, 0.25) is 0 Å². The lowest BCUT2D eigenvalue weighted by Gasteiger charge is -2.33. The van der Waals surface area contributed by atoms with E-state index in [0.29, 0.717) is 5.56 Å². The van der Waals surface area contributed by atoms with Crippen LogP contribution >= 0.6 is 0 Å². The molecule has 3 heteroatoms. The normalized spacial score (nSPS) is 13.3. The quantitative estimate of drug-likeness (QED) is 0.924. The highest BCUT2D eigenvalue weighted by Crippen LogP contribution is 2.29. The maximum Gasteiger partial charge on any atom is 0.101 e. The molecule has 0 spiro atoms. The predicted octanol–water partition coefficient (Wildman–Crippen LogP) is 3.08. The summed E-state index contributed by atoms with van der Waals surface area (Å²) in [6, 6.07) is 20.0. The third-order valence-corrected chi connectivity index (χ3v) is 3.46. The summed E-state index contributed by atoms with van der Waals surface area (Å²) >= 11 is 0. The van der Waals surface area contributed by atoms with E-state index < -0.39 is 0 Å². The average molecular weight is 265 g/mol. The largest absolute Gasteiger partial charge is 0.365 e. The van der Waals surface area contributed by atoms with Gasteiger partial charge in [0.15, 0.2) is 0 Å². The highest BCUT2D eigenvalue weighted by molar-refractivity contribution is 5.60. The van der Waals surface area contributed by atoms with Crippen molar-refractivity contribution in [3.8, 4) is 6.07 Å². The average Bonchev–Trinajstić information content (AvgIpc) is 2.48. The highest BCUT2D eigenvalue weighted by atomic mass is 15.2. The molecule has 2 rings (SSSR count). The minimum Gasteiger partial charge on any atom is -0.365 e. The van der Waals surface area contributed by atoms with Crippen molar-refractivity contribution < 1.29 is 0 Å². The van der Waals surface area contributed by atoms with E-state index in [4.69, 9.17) is 5.73 Å². The van der Waals surface area contributed by atoms with Gasteiger partial charge < -0.3 is 10.6 Å². The summed E-state index contributed by atoms with van der Waals surface area (Å²) in [6.45, 7) is 1.99. The molecule has 2 aromatic rings. The molecule has 2 aromatic carbocycles. The van der Waals surface area contributed by atoms with Gasteiger partial charge in [-0.2, -0.15) is 5.26 Å². The fraction of sp³-hybridized carbons (Fsp3) is 0.235. The molecule has 0 heterocycles. The summed E-state index contributed by atoms with van der Waals surface area (Å²) < 4.78 is 0. The maximum absolute atomic E-state index is 9.25. The number of benzene rings is 2. The van der Waals surface area contributed by atoms with Crippen LogP contribution in [0.1, 0.15) is 24.1 Å². The predicted molar refractivity (Wildman–Crippen MR) is 82.4 cm³/mol. The Kier molecular flexibility index (Phi) is 4.39. The van der Waals surface area contributed by atoms with E-state index in [-0.39, 0.29) is 12.1 Å². The molecular formula is C17H19N3. The Bertz CT molecular complexity index is 599. The molecule has 20 heavy (non-hydrogen) atoms. The highest BCUT2D eigenvalue weighted by Gasteiger charge is 2.22. The SMILES string of the molecule is CC(N)C(c1ccccc1)N(C)c1ccccc1C#N. The third-order valence-electron chi connectivity index (χ3n) is 3.46. The number of rotatable bonds is 4. The summed E-state index contributed by atoms with van der Waals surface area (Å²) in [4.78, 5) is 2.08. The topological polar surface area (TPSA) is 53.0 Å². The number of likely N-dealkylation sites (N-methyl/N-ethyl adjacent to an activating group) is 1. The van der Waals surface area contributed by atoms with Crippen molar-refractivity contribution in [1.82, 2.24) is 0 Å². The number of hydrogen-bond acceptors (Lipinski definition) is 3. The Morgan fingerprint density at radius 3 is 2.25 bits per heavy atom. The first-order valence-corrected chi connectivity index (χ1v) is 6.67. The van der Waals surface area contributed by atoms with Gasteiger partial charge in [0.25, 0.3) is 0 Å². The van der Waals surface area contributed by atoms with E-state index in [0.717, 1.165) is 11.3 Å². The minimum absolute atomic E-state index is 0.0331. The van der Waals surface area contributed by atoms with E-state index >= 15 is 0 Å². The first-order valence-electron chi connectivity index (χ1n) is 6.67. The number of para-hydroxylation sites is 1. The van der Waals surface area contributed by atoms with Gasteiger partial charge in [-0.3, -0.25) is 0 Å². The molecule has 102 valence electrons. The smallest absolute Gasteiger partial charge is 0.101 e. The fourth-order valence-corrected chi connectivity index (χ4v) is 2.56. The first-order chi connectivity index (χ1) is 9.65. The lowest BCUT2D eigenvalue weighted by Crippen LogP contribution is -2.37. The number of nitrogens with zero attached hydrogens (tertiary/aromatic N) is 2. The van der Waals surface area contributed by atoms with E-state index in [2.05, 4.69) is 23.1 Å². The molecule has 0 amide bonds. The van der Waals surface area contributed by atoms with Crippen LogP contribution in [0.3, 0.4) is 0 Å². The Hall–Kier alpha value is -2.31. The summed E-state index contributed by atoms with van der Waals surface area (Å²) in [7, 11) is 1.98. The second-order valence-corrected chi connectivity index (χ2v) is 4.95. The lowest BCUT2D eigenvalue weighted by molar-refractivity contribution is 0.558. The Labute approximate surface area is 120 Å². The summed E-state index contributed by atoms with van der Waals surface area (Å²) in [5.41, 5.74) is 8.89. The fourth-order valence-electron chi connectivity index (χ4n) is 2.56. The molecule has 0 aliphatic heterocycles. The minimum atomic E-state index is -0.0471. The molecule has 0 saturated heterocycles. The molecule has 3 nitrogen and oxygen atoms in total. The van der Waals surface area contributed by atoms with Crippen molar-refractivity contribution in [2.24, 2.45) is 5.73 Å².